The quantitative estimate of drug-likeness (QED) is 0.385. The molecule has 39 heavy (non-hydrogen) atoms. The van der Waals surface area contributed by atoms with Crippen LogP contribution in [0.4, 0.5) is 31.1 Å². The third kappa shape index (κ3) is 5.51. The predicted octanol–water partition coefficient (Wildman–Crippen LogP) is 7.03. The van der Waals surface area contributed by atoms with Gasteiger partial charge in [-0.2, -0.15) is 26.3 Å². The Morgan fingerprint density at radius 3 is 2.13 bits per heavy atom. The molecule has 0 spiro atoms. The van der Waals surface area contributed by atoms with Crippen LogP contribution in [0.25, 0.3) is 0 Å². The zero-order valence-corrected chi connectivity index (χ0v) is 22.2. The lowest BCUT2D eigenvalue weighted by atomic mass is 9.84. The maximum atomic E-state index is 14.3. The Morgan fingerprint density at radius 1 is 1.03 bits per heavy atom. The molecule has 0 unspecified atom stereocenters. The fourth-order valence-electron chi connectivity index (χ4n) is 4.28. The Labute approximate surface area is 229 Å². The second-order valence-electron chi connectivity index (χ2n) is 10.4. The van der Waals surface area contributed by atoms with Crippen LogP contribution in [0, 0.1) is 0 Å². The molecule has 2 heterocycles. The Balaban J connectivity index is 1.56. The van der Waals surface area contributed by atoms with Crippen molar-refractivity contribution in [3.8, 4) is 0 Å². The number of carbonyl (C=O) groups excluding carboxylic acids is 1. The molecule has 1 N–H and O–H groups in total. The van der Waals surface area contributed by atoms with Crippen LogP contribution >= 0.6 is 23.2 Å². The first-order valence-corrected chi connectivity index (χ1v) is 12.2. The van der Waals surface area contributed by atoms with Crippen molar-refractivity contribution in [1.29, 1.82) is 0 Å². The molecule has 0 aliphatic carbocycles. The average molecular weight is 599 g/mol. The Morgan fingerprint density at radius 2 is 1.62 bits per heavy atom. The monoisotopic (exact) mass is 598 g/mol. The molecule has 2 aromatic carbocycles. The number of hydrogen-bond donors (Lipinski definition) is 1. The van der Waals surface area contributed by atoms with Crippen LogP contribution in [0.2, 0.25) is 10.0 Å². The molecule has 0 bridgehead atoms. The van der Waals surface area contributed by atoms with Gasteiger partial charge in [-0.3, -0.25) is 0 Å². The van der Waals surface area contributed by atoms with E-state index in [1.54, 1.807) is 20.8 Å². The number of benzene rings is 2. The highest BCUT2D eigenvalue weighted by Gasteiger charge is 2.63. The van der Waals surface area contributed by atoms with Crippen molar-refractivity contribution in [3.05, 3.63) is 68.7 Å². The first kappa shape index (κ1) is 29.3. The smallest absolute Gasteiger partial charge is 0.435 e. The van der Waals surface area contributed by atoms with Gasteiger partial charge in [0.05, 0.1) is 34.4 Å². The summed E-state index contributed by atoms with van der Waals surface area (Å²) >= 11 is 11.4. The fraction of sp³-hybridized carbons (Fsp3) is 0.440. The molecule has 0 saturated carbocycles. The summed E-state index contributed by atoms with van der Waals surface area (Å²) in [4.78, 5) is 18.3. The Kier molecular flexibility index (Phi) is 7.09. The minimum Gasteiger partial charge on any atom is -0.444 e. The lowest BCUT2D eigenvalue weighted by Gasteiger charge is -2.46. The molecule has 2 aliphatic heterocycles. The summed E-state index contributed by atoms with van der Waals surface area (Å²) < 4.78 is 88.4. The maximum absolute atomic E-state index is 14.3. The van der Waals surface area contributed by atoms with Crippen molar-refractivity contribution in [1.82, 2.24) is 4.90 Å². The number of rotatable bonds is 3. The summed E-state index contributed by atoms with van der Waals surface area (Å²) in [5, 5.41) is 12.8. The summed E-state index contributed by atoms with van der Waals surface area (Å²) in [6.45, 7) is 5.00. The first-order chi connectivity index (χ1) is 17.8. The van der Waals surface area contributed by atoms with Crippen LogP contribution in [-0.4, -0.2) is 46.7 Å². The molecule has 1 amide bonds. The topological polar surface area (TPSA) is 71.4 Å². The van der Waals surface area contributed by atoms with E-state index in [0.29, 0.717) is 11.6 Å². The largest absolute Gasteiger partial charge is 0.444 e. The Hall–Kier alpha value is -2.70. The van der Waals surface area contributed by atoms with Crippen molar-refractivity contribution in [2.45, 2.75) is 56.3 Å². The van der Waals surface area contributed by atoms with E-state index in [2.05, 4.69) is 5.16 Å². The molecule has 1 atom stereocenters. The molecular formula is C25H22Cl2F6N2O4. The SMILES string of the molecule is CC(C)(C)OC(=O)N1CC(O)(c2ccc(C3=NO[C@](c4cc(Cl)c(Cl)c(C(F)(F)F)c4)(C(F)(F)F)C3)cc2)C1. The van der Waals surface area contributed by atoms with Gasteiger partial charge in [-0.1, -0.05) is 52.6 Å². The molecule has 1 fully saturated rings. The van der Waals surface area contributed by atoms with Crippen molar-refractivity contribution >= 4 is 35.0 Å². The standard InChI is InChI=1S/C25H22Cl2F6N2O4/c1-21(2,3)38-20(36)35-11-22(37,12-35)14-6-4-13(5-7-14)18-10-23(39-34-18,25(31,32)33)15-8-16(24(28,29)30)19(27)17(26)9-15/h4-9,37H,10-12H2,1-3H3/t23-/m1/s1. The van der Waals surface area contributed by atoms with Crippen molar-refractivity contribution in [3.63, 3.8) is 0 Å². The lowest BCUT2D eigenvalue weighted by Crippen LogP contribution is -2.61. The molecule has 2 aromatic rings. The second-order valence-corrected chi connectivity index (χ2v) is 11.2. The van der Waals surface area contributed by atoms with Crippen LogP contribution in [-0.2, 0) is 27.0 Å². The summed E-state index contributed by atoms with van der Waals surface area (Å²) in [7, 11) is 0. The number of carbonyl (C=O) groups is 1. The predicted molar refractivity (Wildman–Crippen MR) is 130 cm³/mol. The molecule has 6 nitrogen and oxygen atoms in total. The van der Waals surface area contributed by atoms with Crippen LogP contribution < -0.4 is 0 Å². The third-order valence-electron chi connectivity index (χ3n) is 6.30. The lowest BCUT2D eigenvalue weighted by molar-refractivity contribution is -0.276. The normalized spacial score (nSPS) is 21.2. The summed E-state index contributed by atoms with van der Waals surface area (Å²) in [5.41, 5.74) is -7.39. The van der Waals surface area contributed by atoms with E-state index in [-0.39, 0.29) is 30.4 Å². The molecule has 212 valence electrons. The highest BCUT2D eigenvalue weighted by Crippen LogP contribution is 2.51. The summed E-state index contributed by atoms with van der Waals surface area (Å²) in [6.07, 6.45) is -11.8. The van der Waals surface area contributed by atoms with Crippen molar-refractivity contribution in [2.75, 3.05) is 13.1 Å². The van der Waals surface area contributed by atoms with E-state index < -0.39 is 62.8 Å². The summed E-state index contributed by atoms with van der Waals surface area (Å²) in [5.74, 6) is 0. The van der Waals surface area contributed by atoms with Gasteiger partial charge in [0, 0.05) is 12.0 Å². The van der Waals surface area contributed by atoms with E-state index in [0.717, 1.165) is 0 Å². The number of oxime groups is 1. The number of halogens is 8. The second kappa shape index (κ2) is 9.45. The third-order valence-corrected chi connectivity index (χ3v) is 7.10. The van der Waals surface area contributed by atoms with Gasteiger partial charge in [-0.05, 0) is 44.0 Å². The van der Waals surface area contributed by atoms with E-state index in [4.69, 9.17) is 32.8 Å². The Bertz CT molecular complexity index is 1320. The molecule has 4 rings (SSSR count). The molecule has 0 aromatic heterocycles. The van der Waals surface area contributed by atoms with Gasteiger partial charge < -0.3 is 19.6 Å². The number of alkyl halides is 6. The molecule has 1 saturated heterocycles. The number of ether oxygens (including phenoxy) is 1. The van der Waals surface area contributed by atoms with Gasteiger partial charge in [0.1, 0.15) is 11.2 Å². The van der Waals surface area contributed by atoms with Crippen molar-refractivity contribution in [2.24, 2.45) is 5.16 Å². The highest BCUT2D eigenvalue weighted by atomic mass is 35.5. The van der Waals surface area contributed by atoms with E-state index >= 15 is 0 Å². The van der Waals surface area contributed by atoms with Crippen molar-refractivity contribution < 1.29 is 45.8 Å². The van der Waals surface area contributed by atoms with Gasteiger partial charge >= 0.3 is 18.4 Å². The zero-order valence-electron chi connectivity index (χ0n) is 20.7. The number of aliphatic hydroxyl groups is 1. The minimum atomic E-state index is -5.18. The van der Waals surface area contributed by atoms with Gasteiger partial charge in [0.15, 0.2) is 0 Å². The van der Waals surface area contributed by atoms with Crippen LogP contribution in [0.3, 0.4) is 0 Å². The molecule has 0 radical (unpaired) electrons. The fourth-order valence-corrected chi connectivity index (χ4v) is 4.72. The number of hydrogen-bond acceptors (Lipinski definition) is 5. The number of likely N-dealkylation sites (tertiary alicyclic amines) is 1. The number of nitrogens with zero attached hydrogens (tertiary/aromatic N) is 2. The van der Waals surface area contributed by atoms with Crippen LogP contribution in [0.15, 0.2) is 41.6 Å². The maximum Gasteiger partial charge on any atom is 0.435 e. The van der Waals surface area contributed by atoms with Gasteiger partial charge in [-0.15, -0.1) is 0 Å². The number of β-amino-alcohol motifs (C(OH)–C–C–N with tert-alkyl or cyclic N) is 1. The molecule has 2 aliphatic rings. The van der Waals surface area contributed by atoms with Gasteiger partial charge in [0.25, 0.3) is 5.60 Å². The van der Waals surface area contributed by atoms with E-state index in [1.807, 2.05) is 0 Å². The summed E-state index contributed by atoms with van der Waals surface area (Å²) in [6, 6.07) is 6.64. The van der Waals surface area contributed by atoms with E-state index in [9.17, 15) is 36.2 Å². The van der Waals surface area contributed by atoms with Crippen LogP contribution in [0.1, 0.15) is 49.4 Å². The molecule has 14 heteroatoms. The average Bonchev–Trinajstić information content (AvgIpc) is 3.24. The molecular weight excluding hydrogens is 577 g/mol. The van der Waals surface area contributed by atoms with E-state index in [1.165, 1.54) is 29.2 Å². The first-order valence-electron chi connectivity index (χ1n) is 11.5. The zero-order chi connectivity index (χ0) is 29.2. The number of amides is 1. The highest BCUT2D eigenvalue weighted by molar-refractivity contribution is 6.42. The van der Waals surface area contributed by atoms with Gasteiger partial charge in [-0.25, -0.2) is 4.79 Å². The minimum absolute atomic E-state index is 0.0542. The van der Waals surface area contributed by atoms with Gasteiger partial charge in [0.2, 0.25) is 0 Å². The van der Waals surface area contributed by atoms with Crippen LogP contribution in [0.5, 0.6) is 0 Å².